The number of pyridine rings is 2. The number of hydrogen-bond donors (Lipinski definition) is 0. The van der Waals surface area contributed by atoms with E-state index in [0.717, 1.165) is 0 Å². The Hall–Kier alpha value is -3.19. The van der Waals surface area contributed by atoms with Gasteiger partial charge in [0.2, 0.25) is 5.88 Å². The largest absolute Gasteiger partial charge is 0.479 e. The van der Waals surface area contributed by atoms with Gasteiger partial charge in [-0.1, -0.05) is 11.6 Å². The van der Waals surface area contributed by atoms with Gasteiger partial charge in [0.15, 0.2) is 0 Å². The normalized spacial score (nSPS) is 11.9. The zero-order valence-corrected chi connectivity index (χ0v) is 13.6. The second-order valence-corrected chi connectivity index (χ2v) is 6.05. The minimum Gasteiger partial charge on any atom is -0.479 e. The van der Waals surface area contributed by atoms with Gasteiger partial charge in [-0.2, -0.15) is 0 Å². The molecule has 0 aromatic carbocycles. The van der Waals surface area contributed by atoms with Gasteiger partial charge in [0.25, 0.3) is 11.1 Å². The zero-order chi connectivity index (χ0) is 17.3. The van der Waals surface area contributed by atoms with Crippen molar-refractivity contribution in [1.82, 2.24) is 18.8 Å². The van der Waals surface area contributed by atoms with E-state index in [1.54, 1.807) is 30.5 Å². The van der Waals surface area contributed by atoms with Crippen molar-refractivity contribution >= 4 is 44.4 Å². The Morgan fingerprint density at radius 3 is 2.48 bits per heavy atom. The molecule has 8 heteroatoms. The average Bonchev–Trinajstić information content (AvgIpc) is 3.18. The van der Waals surface area contributed by atoms with E-state index in [-0.39, 0.29) is 22.2 Å². The Labute approximate surface area is 144 Å². The van der Waals surface area contributed by atoms with Gasteiger partial charge in [0.05, 0.1) is 18.8 Å². The Morgan fingerprint density at radius 1 is 0.960 bits per heavy atom. The van der Waals surface area contributed by atoms with Crippen molar-refractivity contribution in [3.63, 3.8) is 0 Å². The van der Waals surface area contributed by atoms with Gasteiger partial charge in [-0.3, -0.25) is 18.4 Å². The fourth-order valence-electron chi connectivity index (χ4n) is 3.33. The van der Waals surface area contributed by atoms with Crippen LogP contribution < -0.4 is 15.9 Å². The Bertz CT molecular complexity index is 1440. The Kier molecular flexibility index (Phi) is 2.65. The van der Waals surface area contributed by atoms with Crippen molar-refractivity contribution in [2.24, 2.45) is 0 Å². The number of rotatable bonds is 1. The summed E-state index contributed by atoms with van der Waals surface area (Å²) in [6.45, 7) is 0. The standard InChI is InChI=1S/C17H9ClN4O3/c1-25-15-14-8(2-3-19-15)4-11-16(23)21-10(17(24)22(11)14)5-9-6-13(18)20-7-12(9)21/h2-7H,1H3. The number of aromatic nitrogens is 4. The van der Waals surface area contributed by atoms with E-state index >= 15 is 0 Å². The third kappa shape index (κ3) is 1.70. The van der Waals surface area contributed by atoms with Crippen LogP contribution in [0.15, 0.2) is 46.2 Å². The molecule has 0 aliphatic rings. The van der Waals surface area contributed by atoms with Crippen LogP contribution in [0.1, 0.15) is 0 Å². The lowest BCUT2D eigenvalue weighted by Gasteiger charge is -2.03. The molecule has 0 aliphatic heterocycles. The molecule has 0 atom stereocenters. The highest BCUT2D eigenvalue weighted by molar-refractivity contribution is 6.30. The summed E-state index contributed by atoms with van der Waals surface area (Å²) in [5, 5.41) is 1.68. The Morgan fingerprint density at radius 2 is 1.68 bits per heavy atom. The van der Waals surface area contributed by atoms with Gasteiger partial charge >= 0.3 is 0 Å². The van der Waals surface area contributed by atoms with E-state index in [4.69, 9.17) is 16.3 Å². The highest BCUT2D eigenvalue weighted by Crippen LogP contribution is 2.26. The number of hydrogen-bond acceptors (Lipinski definition) is 5. The van der Waals surface area contributed by atoms with E-state index in [2.05, 4.69) is 9.97 Å². The maximum atomic E-state index is 13.1. The van der Waals surface area contributed by atoms with Gasteiger partial charge < -0.3 is 4.74 Å². The monoisotopic (exact) mass is 352 g/mol. The van der Waals surface area contributed by atoms with Crippen LogP contribution in [0, 0.1) is 0 Å². The van der Waals surface area contributed by atoms with E-state index in [1.165, 1.54) is 22.1 Å². The first-order chi connectivity index (χ1) is 12.1. The lowest BCUT2D eigenvalue weighted by atomic mass is 10.3. The van der Waals surface area contributed by atoms with Crippen LogP contribution in [0.3, 0.4) is 0 Å². The fraction of sp³-hybridized carbons (Fsp3) is 0.0588. The quantitative estimate of drug-likeness (QED) is 0.432. The lowest BCUT2D eigenvalue weighted by molar-refractivity contribution is 0.402. The SMILES string of the molecule is COc1nccc2cc3c(=O)n4c(cc5cc(Cl)ncc54)c(=O)n3c12. The smallest absolute Gasteiger partial charge is 0.280 e. The van der Waals surface area contributed by atoms with Gasteiger partial charge in [-0.25, -0.2) is 9.97 Å². The molecule has 0 aliphatic carbocycles. The number of ether oxygens (including phenoxy) is 1. The summed E-state index contributed by atoms with van der Waals surface area (Å²) in [5.41, 5.74) is 0.881. The number of methoxy groups -OCH3 is 1. The minimum absolute atomic E-state index is 0.250. The van der Waals surface area contributed by atoms with Gasteiger partial charge in [0, 0.05) is 17.0 Å². The number of halogens is 1. The summed E-state index contributed by atoms with van der Waals surface area (Å²) in [6.07, 6.45) is 3.07. The van der Waals surface area contributed by atoms with Crippen LogP contribution in [-0.4, -0.2) is 25.9 Å². The van der Waals surface area contributed by atoms with Crippen LogP contribution in [0.4, 0.5) is 0 Å². The van der Waals surface area contributed by atoms with Crippen molar-refractivity contribution in [1.29, 1.82) is 0 Å². The molecule has 5 aromatic heterocycles. The first-order valence-corrected chi connectivity index (χ1v) is 7.79. The van der Waals surface area contributed by atoms with E-state index in [1.807, 2.05) is 0 Å². The van der Waals surface area contributed by atoms with Gasteiger partial charge in [-0.05, 0) is 24.3 Å². The molecule has 0 radical (unpaired) electrons. The van der Waals surface area contributed by atoms with Crippen molar-refractivity contribution in [2.45, 2.75) is 0 Å². The Balaban J connectivity index is 2.13. The lowest BCUT2D eigenvalue weighted by Crippen LogP contribution is -2.25. The number of fused-ring (bicyclic) bond motifs is 6. The average molecular weight is 353 g/mol. The molecule has 0 unspecified atom stereocenters. The first kappa shape index (κ1) is 14.2. The molecule has 25 heavy (non-hydrogen) atoms. The molecular formula is C17H9ClN4O3. The predicted octanol–water partition coefficient (Wildman–Crippen LogP) is 2.11. The zero-order valence-electron chi connectivity index (χ0n) is 12.9. The molecule has 0 spiro atoms. The molecule has 5 aromatic rings. The first-order valence-electron chi connectivity index (χ1n) is 7.41. The molecule has 122 valence electrons. The predicted molar refractivity (Wildman–Crippen MR) is 94.2 cm³/mol. The summed E-state index contributed by atoms with van der Waals surface area (Å²) in [4.78, 5) is 34.3. The molecule has 7 nitrogen and oxygen atoms in total. The highest BCUT2D eigenvalue weighted by Gasteiger charge is 2.19. The maximum absolute atomic E-state index is 13.1. The maximum Gasteiger partial charge on any atom is 0.280 e. The summed E-state index contributed by atoms with van der Waals surface area (Å²) in [5.74, 6) is 0.291. The van der Waals surface area contributed by atoms with E-state index in [9.17, 15) is 9.59 Å². The summed E-state index contributed by atoms with van der Waals surface area (Å²) in [6, 6.07) is 6.66. The van der Waals surface area contributed by atoms with E-state index in [0.29, 0.717) is 32.8 Å². The van der Waals surface area contributed by atoms with Crippen LogP contribution >= 0.6 is 11.6 Å². The van der Waals surface area contributed by atoms with Crippen LogP contribution in [0.2, 0.25) is 5.15 Å². The molecule has 0 fully saturated rings. The second-order valence-electron chi connectivity index (χ2n) is 5.66. The molecule has 0 saturated carbocycles. The second kappa shape index (κ2) is 4.67. The molecular weight excluding hydrogens is 344 g/mol. The van der Waals surface area contributed by atoms with Crippen molar-refractivity contribution in [2.75, 3.05) is 7.11 Å². The third-order valence-corrected chi connectivity index (χ3v) is 4.58. The summed E-state index contributed by atoms with van der Waals surface area (Å²) in [7, 11) is 1.47. The molecule has 5 rings (SSSR count). The van der Waals surface area contributed by atoms with Crippen LogP contribution in [-0.2, 0) is 0 Å². The molecule has 0 bridgehead atoms. The van der Waals surface area contributed by atoms with Gasteiger partial charge in [0.1, 0.15) is 21.7 Å². The van der Waals surface area contributed by atoms with Gasteiger partial charge in [-0.15, -0.1) is 0 Å². The van der Waals surface area contributed by atoms with Crippen molar-refractivity contribution in [3.05, 3.63) is 62.5 Å². The number of nitrogens with zero attached hydrogens (tertiary/aromatic N) is 4. The molecule has 0 amide bonds. The van der Waals surface area contributed by atoms with Crippen LogP contribution in [0.5, 0.6) is 5.88 Å². The summed E-state index contributed by atoms with van der Waals surface area (Å²) < 4.78 is 7.99. The summed E-state index contributed by atoms with van der Waals surface area (Å²) >= 11 is 5.92. The van der Waals surface area contributed by atoms with Crippen molar-refractivity contribution < 1.29 is 4.74 Å². The van der Waals surface area contributed by atoms with Crippen molar-refractivity contribution in [3.8, 4) is 5.88 Å². The molecule has 5 heterocycles. The minimum atomic E-state index is -0.330. The highest BCUT2D eigenvalue weighted by atomic mass is 35.5. The van der Waals surface area contributed by atoms with E-state index < -0.39 is 0 Å². The molecule has 0 saturated heterocycles. The fourth-order valence-corrected chi connectivity index (χ4v) is 3.49. The molecule has 0 N–H and O–H groups in total. The van der Waals surface area contributed by atoms with Crippen LogP contribution in [0.25, 0.3) is 32.8 Å². The topological polar surface area (TPSA) is 78.0 Å². The third-order valence-electron chi connectivity index (χ3n) is 4.37.